The quantitative estimate of drug-likeness (QED) is 0.145. The van der Waals surface area contributed by atoms with Gasteiger partial charge in [0, 0.05) is 0 Å². The van der Waals surface area contributed by atoms with E-state index in [9.17, 15) is 23.6 Å². The van der Waals surface area contributed by atoms with Crippen LogP contribution in [0.3, 0.4) is 0 Å². The van der Waals surface area contributed by atoms with Crippen molar-refractivity contribution in [2.45, 2.75) is 20.5 Å². The number of nitrogens with one attached hydrogen (secondary N) is 1. The molecule has 3 aromatic carbocycles. The van der Waals surface area contributed by atoms with Crippen LogP contribution in [0.4, 0.5) is 14.9 Å². The minimum absolute atomic E-state index is 0.170. The second kappa shape index (κ2) is 12.7. The number of nitrogens with zero attached hydrogens (tertiary/aromatic N) is 1. The molecule has 1 fully saturated rings. The molecule has 0 unspecified atom stereocenters. The SMILES string of the molecule is CCOC(=O)c1ccc(N2C(=O)NC(=O)/C(=C\c3cc(I)c(OCc4ccc(F)cc4)c(OCC)c3)C2=O)cc1. The van der Waals surface area contributed by atoms with Crippen LogP contribution in [-0.2, 0) is 20.9 Å². The number of barbiturate groups is 1. The second-order valence-corrected chi connectivity index (χ2v) is 9.57. The van der Waals surface area contributed by atoms with E-state index in [2.05, 4.69) is 27.9 Å². The number of imide groups is 2. The number of benzene rings is 3. The summed E-state index contributed by atoms with van der Waals surface area (Å²) < 4.78 is 30.5. The van der Waals surface area contributed by atoms with Gasteiger partial charge in [0.15, 0.2) is 11.5 Å². The summed E-state index contributed by atoms with van der Waals surface area (Å²) in [5.74, 6) is -1.73. The van der Waals surface area contributed by atoms with E-state index >= 15 is 0 Å². The summed E-state index contributed by atoms with van der Waals surface area (Å²) in [6.45, 7) is 4.18. The van der Waals surface area contributed by atoms with Gasteiger partial charge < -0.3 is 14.2 Å². The summed E-state index contributed by atoms with van der Waals surface area (Å²) in [5.41, 5.74) is 1.38. The lowest BCUT2D eigenvalue weighted by molar-refractivity contribution is -0.122. The average Bonchev–Trinajstić information content (AvgIpc) is 2.92. The third-order valence-corrected chi connectivity index (χ3v) is 6.48. The number of rotatable bonds is 9. The van der Waals surface area contributed by atoms with Crippen molar-refractivity contribution in [3.05, 3.63) is 92.3 Å². The van der Waals surface area contributed by atoms with Crippen molar-refractivity contribution in [1.29, 1.82) is 0 Å². The first-order valence-corrected chi connectivity index (χ1v) is 13.3. The van der Waals surface area contributed by atoms with Gasteiger partial charge in [-0.05, 0) is 102 Å². The average molecular weight is 658 g/mol. The van der Waals surface area contributed by atoms with Gasteiger partial charge in [-0.15, -0.1) is 0 Å². The van der Waals surface area contributed by atoms with Gasteiger partial charge in [0.25, 0.3) is 11.8 Å². The van der Waals surface area contributed by atoms with Crippen LogP contribution in [0, 0.1) is 9.39 Å². The van der Waals surface area contributed by atoms with Gasteiger partial charge in [-0.25, -0.2) is 18.9 Å². The predicted molar refractivity (Wildman–Crippen MR) is 152 cm³/mol. The monoisotopic (exact) mass is 658 g/mol. The molecular formula is C29H24FIN2O7. The van der Waals surface area contributed by atoms with Crippen LogP contribution in [0.2, 0.25) is 0 Å². The smallest absolute Gasteiger partial charge is 0.338 e. The Bertz CT molecular complexity index is 1490. The van der Waals surface area contributed by atoms with Crippen LogP contribution in [0.25, 0.3) is 6.08 Å². The predicted octanol–water partition coefficient (Wildman–Crippen LogP) is 5.25. The van der Waals surface area contributed by atoms with E-state index in [0.29, 0.717) is 27.2 Å². The number of halogens is 2. The minimum Gasteiger partial charge on any atom is -0.490 e. The molecule has 4 amide bonds. The number of urea groups is 1. The first-order valence-electron chi connectivity index (χ1n) is 12.2. The number of carbonyl (C=O) groups excluding carboxylic acids is 4. The molecule has 40 heavy (non-hydrogen) atoms. The number of ether oxygens (including phenoxy) is 3. The summed E-state index contributed by atoms with van der Waals surface area (Å²) in [6.07, 6.45) is 1.36. The van der Waals surface area contributed by atoms with Crippen LogP contribution in [-0.4, -0.2) is 37.0 Å². The Morgan fingerprint density at radius 3 is 2.33 bits per heavy atom. The maximum Gasteiger partial charge on any atom is 0.338 e. The van der Waals surface area contributed by atoms with Crippen molar-refractivity contribution in [3.63, 3.8) is 0 Å². The van der Waals surface area contributed by atoms with Crippen LogP contribution >= 0.6 is 22.6 Å². The number of hydrogen-bond donors (Lipinski definition) is 1. The van der Waals surface area contributed by atoms with E-state index in [1.54, 1.807) is 38.1 Å². The Kier molecular flexibility index (Phi) is 9.15. The van der Waals surface area contributed by atoms with E-state index in [1.807, 2.05) is 0 Å². The molecule has 0 atom stereocenters. The molecule has 4 rings (SSSR count). The standard InChI is InChI=1S/C29H24FIN2O7/c1-3-38-24-15-18(14-23(31)25(24)40-16-17-5-9-20(30)10-6-17)13-22-26(34)32-29(37)33(27(22)35)21-11-7-19(8-12-21)28(36)39-4-2/h5-15H,3-4,16H2,1-2H3,(H,32,34,37)/b22-13+. The lowest BCUT2D eigenvalue weighted by atomic mass is 10.1. The lowest BCUT2D eigenvalue weighted by Crippen LogP contribution is -2.54. The summed E-state index contributed by atoms with van der Waals surface area (Å²) in [4.78, 5) is 51.3. The van der Waals surface area contributed by atoms with Crippen LogP contribution in [0.15, 0.2) is 66.2 Å². The zero-order valence-electron chi connectivity index (χ0n) is 21.5. The van der Waals surface area contributed by atoms with Crippen LogP contribution in [0.5, 0.6) is 11.5 Å². The second-order valence-electron chi connectivity index (χ2n) is 8.40. The minimum atomic E-state index is -0.912. The summed E-state index contributed by atoms with van der Waals surface area (Å²) >= 11 is 2.05. The maximum atomic E-state index is 13.3. The molecule has 11 heteroatoms. The zero-order chi connectivity index (χ0) is 28.8. The molecule has 1 heterocycles. The molecule has 3 aromatic rings. The Balaban J connectivity index is 1.62. The number of amides is 4. The fourth-order valence-electron chi connectivity index (χ4n) is 3.83. The first kappa shape index (κ1) is 28.7. The summed E-state index contributed by atoms with van der Waals surface area (Å²) in [7, 11) is 0. The molecule has 1 aliphatic heterocycles. The van der Waals surface area contributed by atoms with E-state index in [-0.39, 0.29) is 35.9 Å². The molecule has 1 saturated heterocycles. The third kappa shape index (κ3) is 6.47. The topological polar surface area (TPSA) is 111 Å². The van der Waals surface area contributed by atoms with Crippen molar-refractivity contribution in [2.75, 3.05) is 18.1 Å². The largest absolute Gasteiger partial charge is 0.490 e. The Labute approximate surface area is 243 Å². The van der Waals surface area contributed by atoms with Crippen LogP contribution in [0.1, 0.15) is 35.3 Å². The first-order chi connectivity index (χ1) is 19.2. The molecule has 1 aliphatic rings. The fourth-order valence-corrected chi connectivity index (χ4v) is 4.61. The van der Waals surface area contributed by atoms with Gasteiger partial charge in [0.2, 0.25) is 0 Å². The van der Waals surface area contributed by atoms with Gasteiger partial charge in [0.05, 0.1) is 28.0 Å². The number of anilines is 1. The maximum absolute atomic E-state index is 13.3. The molecule has 0 saturated carbocycles. The van der Waals surface area contributed by atoms with Crippen molar-refractivity contribution < 1.29 is 37.8 Å². The van der Waals surface area contributed by atoms with Gasteiger partial charge in [0.1, 0.15) is 18.0 Å². The Morgan fingerprint density at radius 1 is 0.975 bits per heavy atom. The van der Waals surface area contributed by atoms with Gasteiger partial charge in [-0.2, -0.15) is 0 Å². The van der Waals surface area contributed by atoms with Gasteiger partial charge >= 0.3 is 12.0 Å². The fraction of sp³-hybridized carbons (Fsp3) is 0.172. The highest BCUT2D eigenvalue weighted by Crippen LogP contribution is 2.36. The highest BCUT2D eigenvalue weighted by atomic mass is 127. The van der Waals surface area contributed by atoms with Crippen molar-refractivity contribution in [1.82, 2.24) is 5.32 Å². The normalized spacial score (nSPS) is 14.2. The van der Waals surface area contributed by atoms with E-state index in [1.165, 1.54) is 42.5 Å². The molecule has 1 N–H and O–H groups in total. The van der Waals surface area contributed by atoms with E-state index in [4.69, 9.17) is 14.2 Å². The molecule has 0 bridgehead atoms. The molecule has 9 nitrogen and oxygen atoms in total. The lowest BCUT2D eigenvalue weighted by Gasteiger charge is -2.26. The third-order valence-electron chi connectivity index (χ3n) is 5.68. The molecule has 0 radical (unpaired) electrons. The van der Waals surface area contributed by atoms with Gasteiger partial charge in [-0.3, -0.25) is 14.9 Å². The molecule has 0 spiro atoms. The number of esters is 1. The summed E-state index contributed by atoms with van der Waals surface area (Å²) in [5, 5.41) is 2.18. The van der Waals surface area contributed by atoms with E-state index < -0.39 is 23.8 Å². The summed E-state index contributed by atoms with van der Waals surface area (Å²) in [6, 6.07) is 14.0. The Hall–Kier alpha value is -4.26. The molecule has 0 aliphatic carbocycles. The molecule has 206 valence electrons. The van der Waals surface area contributed by atoms with Crippen molar-refractivity contribution in [2.24, 2.45) is 0 Å². The Morgan fingerprint density at radius 2 is 1.68 bits per heavy atom. The number of hydrogen-bond acceptors (Lipinski definition) is 7. The van der Waals surface area contributed by atoms with Crippen molar-refractivity contribution in [3.8, 4) is 11.5 Å². The zero-order valence-corrected chi connectivity index (χ0v) is 23.7. The number of carbonyl (C=O) groups is 4. The molecule has 0 aromatic heterocycles. The van der Waals surface area contributed by atoms with E-state index in [0.717, 1.165) is 10.5 Å². The highest BCUT2D eigenvalue weighted by molar-refractivity contribution is 14.1. The van der Waals surface area contributed by atoms with Gasteiger partial charge in [-0.1, -0.05) is 12.1 Å². The highest BCUT2D eigenvalue weighted by Gasteiger charge is 2.37. The van der Waals surface area contributed by atoms with Crippen molar-refractivity contribution >= 4 is 58.2 Å². The molecular weight excluding hydrogens is 634 g/mol. The van der Waals surface area contributed by atoms with Crippen LogP contribution < -0.4 is 19.7 Å².